The second-order valence-corrected chi connectivity index (χ2v) is 12.4. The zero-order chi connectivity index (χ0) is 37.2. The number of carbonyl (C=O) groups excluding carboxylic acids is 2. The highest BCUT2D eigenvalue weighted by molar-refractivity contribution is 6.09. The van der Waals surface area contributed by atoms with E-state index in [-0.39, 0.29) is 23.8 Å². The lowest BCUT2D eigenvalue weighted by atomic mass is 10.1. The van der Waals surface area contributed by atoms with Gasteiger partial charge in [0.25, 0.3) is 0 Å². The SMILES string of the molecule is C=CN=C(N=C(C)Nc1ccc(N2CCN(C3COC3)CC2)cc1)c1ccc(O[C@H]2CCN(C=O)CC2F)c(C#N)c1.CCC.CCNC(C)=O. The van der Waals surface area contributed by atoms with E-state index in [9.17, 15) is 19.2 Å². The van der Waals surface area contributed by atoms with Crippen molar-refractivity contribution < 1.29 is 23.5 Å². The Hall–Kier alpha value is -4.80. The summed E-state index contributed by atoms with van der Waals surface area (Å²) in [5, 5.41) is 15.7. The minimum absolute atomic E-state index is 0.0262. The topological polar surface area (TPSA) is 135 Å². The molecule has 0 saturated carbocycles. The first kappa shape index (κ1) is 40.6. The van der Waals surface area contributed by atoms with Crippen LogP contribution in [-0.4, -0.2) is 111 Å². The Morgan fingerprint density at radius 1 is 1.10 bits per heavy atom. The second-order valence-electron chi connectivity index (χ2n) is 12.4. The van der Waals surface area contributed by atoms with E-state index in [1.54, 1.807) is 18.2 Å². The van der Waals surface area contributed by atoms with Gasteiger partial charge in [0.15, 0.2) is 12.0 Å². The van der Waals surface area contributed by atoms with Gasteiger partial charge in [-0.2, -0.15) is 5.26 Å². The number of likely N-dealkylation sites (tertiary alicyclic amines) is 1. The minimum atomic E-state index is -1.34. The van der Waals surface area contributed by atoms with Crippen molar-refractivity contribution in [3.8, 4) is 11.8 Å². The van der Waals surface area contributed by atoms with E-state index in [0.717, 1.165) is 51.6 Å². The second kappa shape index (κ2) is 21.4. The standard InChI is InChI=1S/C31H36FN7O3.C4H9NO.C3H8/c1-3-34-31(23-4-9-29(24(16-23)17-33)42-30-10-11-37(21-40)18-28(30)32)36-22(2)35-25-5-7-26(8-6-25)38-12-14-39(15-13-38)27-19-41-20-27;1-3-5-4(2)6;1-3-2/h3-9,16,21,27-28,30H,1,10-15,18-20H2,2H3,(H,34,35,36);3H2,1-2H3,(H,5,6);3H2,1-2H3/t28?,30-;;/m0../s1. The van der Waals surface area contributed by atoms with Gasteiger partial charge >= 0.3 is 0 Å². The fourth-order valence-corrected chi connectivity index (χ4v) is 5.59. The van der Waals surface area contributed by atoms with E-state index < -0.39 is 12.3 Å². The van der Waals surface area contributed by atoms with Crippen LogP contribution in [-0.2, 0) is 14.3 Å². The van der Waals surface area contributed by atoms with E-state index in [1.807, 2.05) is 26.0 Å². The molecular formula is C38H53FN8O4. The Morgan fingerprint density at radius 3 is 2.29 bits per heavy atom. The number of amidine groups is 2. The summed E-state index contributed by atoms with van der Waals surface area (Å²) in [6.07, 6.45) is 1.56. The fourth-order valence-electron chi connectivity index (χ4n) is 5.59. The molecule has 2 N–H and O–H groups in total. The number of piperazine rings is 1. The molecule has 3 aliphatic heterocycles. The Morgan fingerprint density at radius 2 is 1.78 bits per heavy atom. The molecule has 2 atom stereocenters. The van der Waals surface area contributed by atoms with Crippen LogP contribution in [0.1, 0.15) is 58.6 Å². The first-order valence-electron chi connectivity index (χ1n) is 17.6. The minimum Gasteiger partial charge on any atom is -0.486 e. The highest BCUT2D eigenvalue weighted by atomic mass is 19.1. The summed E-state index contributed by atoms with van der Waals surface area (Å²) in [6.45, 7) is 20.1. The summed E-state index contributed by atoms with van der Waals surface area (Å²) < 4.78 is 25.7. The number of nitrogens with one attached hydrogen (secondary N) is 2. The number of amides is 2. The number of piperidine rings is 1. The average molecular weight is 705 g/mol. The number of nitriles is 1. The van der Waals surface area contributed by atoms with Crippen LogP contribution in [0.4, 0.5) is 15.8 Å². The Bertz CT molecular complexity index is 1510. The number of halogens is 1. The van der Waals surface area contributed by atoms with Crippen LogP contribution in [0.25, 0.3) is 0 Å². The molecule has 12 nitrogen and oxygen atoms in total. The molecule has 0 aliphatic carbocycles. The molecule has 276 valence electrons. The first-order valence-corrected chi connectivity index (χ1v) is 17.6. The normalized spacial score (nSPS) is 19.5. The summed E-state index contributed by atoms with van der Waals surface area (Å²) in [5.74, 6) is 1.30. The van der Waals surface area contributed by atoms with Crippen molar-refractivity contribution >= 4 is 35.4 Å². The van der Waals surface area contributed by atoms with Gasteiger partial charge in [-0.15, -0.1) is 0 Å². The van der Waals surface area contributed by atoms with E-state index in [1.165, 1.54) is 30.1 Å². The monoisotopic (exact) mass is 704 g/mol. The maximum atomic E-state index is 14.5. The van der Waals surface area contributed by atoms with Crippen LogP contribution in [0.15, 0.2) is 65.2 Å². The van der Waals surface area contributed by atoms with Crippen LogP contribution in [0.3, 0.4) is 0 Å². The molecule has 2 aromatic rings. The van der Waals surface area contributed by atoms with Crippen molar-refractivity contribution in [3.05, 3.63) is 66.4 Å². The van der Waals surface area contributed by atoms with Gasteiger partial charge in [0, 0.05) is 75.8 Å². The number of anilines is 2. The van der Waals surface area contributed by atoms with Crippen LogP contribution in [0.5, 0.6) is 5.75 Å². The third kappa shape index (κ3) is 12.8. The van der Waals surface area contributed by atoms with Crippen molar-refractivity contribution in [1.82, 2.24) is 15.1 Å². The van der Waals surface area contributed by atoms with E-state index in [4.69, 9.17) is 9.47 Å². The molecule has 13 heteroatoms. The molecular weight excluding hydrogens is 651 g/mol. The molecule has 0 radical (unpaired) electrons. The number of rotatable bonds is 9. The number of aliphatic imine (C=N–C) groups is 2. The number of nitrogens with zero attached hydrogens (tertiary/aromatic N) is 6. The molecule has 2 amide bonds. The predicted octanol–water partition coefficient (Wildman–Crippen LogP) is 5.01. The van der Waals surface area contributed by atoms with Gasteiger partial charge in [-0.3, -0.25) is 14.5 Å². The quantitative estimate of drug-likeness (QED) is 0.212. The maximum absolute atomic E-state index is 14.5. The maximum Gasteiger partial charge on any atom is 0.216 e. The number of alkyl halides is 1. The third-order valence-corrected chi connectivity index (χ3v) is 8.22. The summed E-state index contributed by atoms with van der Waals surface area (Å²) in [6, 6.07) is 16.0. The van der Waals surface area contributed by atoms with Crippen LogP contribution in [0.2, 0.25) is 0 Å². The number of hydrogen-bond donors (Lipinski definition) is 2. The summed E-state index contributed by atoms with van der Waals surface area (Å²) in [5.41, 5.74) is 2.92. The molecule has 0 bridgehead atoms. The van der Waals surface area contributed by atoms with Crippen LogP contribution in [0, 0.1) is 11.3 Å². The lowest BCUT2D eigenvalue weighted by molar-refractivity contribution is -0.121. The van der Waals surface area contributed by atoms with Crippen molar-refractivity contribution in [3.63, 3.8) is 0 Å². The Labute approximate surface area is 302 Å². The zero-order valence-corrected chi connectivity index (χ0v) is 30.6. The Balaban J connectivity index is 0.000000697. The molecule has 1 unspecified atom stereocenters. The van der Waals surface area contributed by atoms with Gasteiger partial charge in [0.2, 0.25) is 12.3 Å². The lowest BCUT2D eigenvalue weighted by Crippen LogP contribution is -2.56. The largest absolute Gasteiger partial charge is 0.486 e. The molecule has 0 spiro atoms. The summed E-state index contributed by atoms with van der Waals surface area (Å²) >= 11 is 0. The van der Waals surface area contributed by atoms with Crippen molar-refractivity contribution in [2.75, 3.05) is 69.2 Å². The van der Waals surface area contributed by atoms with Gasteiger partial charge in [-0.05, 0) is 56.3 Å². The molecule has 51 heavy (non-hydrogen) atoms. The van der Waals surface area contributed by atoms with E-state index in [0.29, 0.717) is 42.7 Å². The molecule has 5 rings (SSSR count). The van der Waals surface area contributed by atoms with Gasteiger partial charge in [-0.1, -0.05) is 26.8 Å². The zero-order valence-electron chi connectivity index (χ0n) is 30.6. The van der Waals surface area contributed by atoms with Crippen LogP contribution >= 0.6 is 0 Å². The Kier molecular flexibility index (Phi) is 17.1. The molecule has 0 aromatic heterocycles. The fraction of sp³-hybridized carbons (Fsp3) is 0.500. The average Bonchev–Trinajstić information content (AvgIpc) is 3.09. The first-order chi connectivity index (χ1) is 24.6. The van der Waals surface area contributed by atoms with Crippen LogP contribution < -0.4 is 20.3 Å². The highest BCUT2D eigenvalue weighted by Crippen LogP contribution is 2.26. The molecule has 3 aliphatic rings. The highest BCUT2D eigenvalue weighted by Gasteiger charge is 2.31. The van der Waals surface area contributed by atoms with Gasteiger partial charge in [-0.25, -0.2) is 14.4 Å². The molecule has 3 heterocycles. The smallest absolute Gasteiger partial charge is 0.216 e. The van der Waals surface area contributed by atoms with Crippen molar-refractivity contribution in [2.45, 2.75) is 65.8 Å². The molecule has 3 fully saturated rings. The van der Waals surface area contributed by atoms with E-state index >= 15 is 0 Å². The summed E-state index contributed by atoms with van der Waals surface area (Å²) in [7, 11) is 0. The lowest BCUT2D eigenvalue weighted by Gasteiger charge is -2.43. The van der Waals surface area contributed by atoms with Gasteiger partial charge in [0.05, 0.1) is 31.4 Å². The predicted molar refractivity (Wildman–Crippen MR) is 201 cm³/mol. The van der Waals surface area contributed by atoms with Gasteiger partial charge < -0.3 is 29.9 Å². The van der Waals surface area contributed by atoms with Gasteiger partial charge in [0.1, 0.15) is 23.8 Å². The summed E-state index contributed by atoms with van der Waals surface area (Å²) in [4.78, 5) is 36.1. The molecule has 3 saturated heterocycles. The number of hydrogen-bond acceptors (Lipinski definition) is 8. The van der Waals surface area contributed by atoms with Crippen molar-refractivity contribution in [2.24, 2.45) is 9.98 Å². The molecule has 2 aromatic carbocycles. The number of carbonyl (C=O) groups is 2. The third-order valence-electron chi connectivity index (χ3n) is 8.22. The number of ether oxygens (including phenoxy) is 2. The van der Waals surface area contributed by atoms with Crippen molar-refractivity contribution in [1.29, 1.82) is 5.26 Å². The number of benzene rings is 2. The van der Waals surface area contributed by atoms with E-state index in [2.05, 4.69) is 69.0 Å².